The van der Waals surface area contributed by atoms with E-state index in [1.165, 1.54) is 6.07 Å². The fourth-order valence-electron chi connectivity index (χ4n) is 1.77. The topological polar surface area (TPSA) is 73.6 Å². The van der Waals surface area contributed by atoms with Gasteiger partial charge in [-0.15, -0.1) is 12.4 Å². The number of hydrogen-bond acceptors (Lipinski definition) is 4. The highest BCUT2D eigenvalue weighted by atomic mass is 35.5. The van der Waals surface area contributed by atoms with Crippen molar-refractivity contribution >= 4 is 18.3 Å². The number of halogens is 3. The quantitative estimate of drug-likeness (QED) is 0.716. The Balaban J connectivity index is 0.00000484. The predicted molar refractivity (Wildman–Crippen MR) is 86.2 cm³/mol. The second-order valence-electron chi connectivity index (χ2n) is 4.89. The summed E-state index contributed by atoms with van der Waals surface area (Å²) >= 11 is 0. The number of nitrogens with one attached hydrogen (secondary N) is 1. The SMILES string of the molecule is CCOc1cc(CNC(=O)CCC(C)N)ccc1OC(F)F.Cl. The summed E-state index contributed by atoms with van der Waals surface area (Å²) in [5, 5.41) is 2.74. The summed E-state index contributed by atoms with van der Waals surface area (Å²) in [5.41, 5.74) is 6.32. The lowest BCUT2D eigenvalue weighted by molar-refractivity contribution is -0.121. The molecule has 0 bridgehead atoms. The Morgan fingerprint density at radius 1 is 1.35 bits per heavy atom. The summed E-state index contributed by atoms with van der Waals surface area (Å²) in [6, 6.07) is 4.56. The van der Waals surface area contributed by atoms with Crippen molar-refractivity contribution < 1.29 is 23.0 Å². The van der Waals surface area contributed by atoms with E-state index in [0.29, 0.717) is 19.4 Å². The molecule has 0 aliphatic carbocycles. The minimum absolute atomic E-state index is 0. The van der Waals surface area contributed by atoms with Crippen LogP contribution in [0, 0.1) is 0 Å². The number of nitrogens with two attached hydrogens (primary N) is 1. The molecular weight excluding hydrogens is 330 g/mol. The van der Waals surface area contributed by atoms with Crippen LogP contribution >= 0.6 is 12.4 Å². The van der Waals surface area contributed by atoms with Crippen LogP contribution in [0.2, 0.25) is 0 Å². The summed E-state index contributed by atoms with van der Waals surface area (Å²) < 4.78 is 34.3. The van der Waals surface area contributed by atoms with Crippen LogP contribution in [0.25, 0.3) is 0 Å². The lowest BCUT2D eigenvalue weighted by atomic mass is 10.1. The zero-order chi connectivity index (χ0) is 16.5. The zero-order valence-corrected chi connectivity index (χ0v) is 14.0. The van der Waals surface area contributed by atoms with Crippen molar-refractivity contribution in [3.05, 3.63) is 23.8 Å². The number of ether oxygens (including phenoxy) is 2. The van der Waals surface area contributed by atoms with E-state index in [4.69, 9.17) is 10.5 Å². The number of amides is 1. The highest BCUT2D eigenvalue weighted by Gasteiger charge is 2.12. The lowest BCUT2D eigenvalue weighted by Gasteiger charge is -2.13. The number of alkyl halides is 2. The highest BCUT2D eigenvalue weighted by molar-refractivity contribution is 5.85. The molecule has 23 heavy (non-hydrogen) atoms. The average molecular weight is 353 g/mol. The van der Waals surface area contributed by atoms with Crippen LogP contribution < -0.4 is 20.5 Å². The van der Waals surface area contributed by atoms with Gasteiger partial charge < -0.3 is 20.5 Å². The van der Waals surface area contributed by atoms with Crippen molar-refractivity contribution in [2.24, 2.45) is 5.73 Å². The summed E-state index contributed by atoms with van der Waals surface area (Å²) in [6.07, 6.45) is 0.958. The second-order valence-corrected chi connectivity index (χ2v) is 4.89. The Morgan fingerprint density at radius 2 is 2.04 bits per heavy atom. The third-order valence-corrected chi connectivity index (χ3v) is 2.84. The number of carbonyl (C=O) groups is 1. The number of carbonyl (C=O) groups excluding carboxylic acids is 1. The first-order valence-corrected chi connectivity index (χ1v) is 7.15. The fraction of sp³-hybridized carbons (Fsp3) is 0.533. The molecule has 0 spiro atoms. The van der Waals surface area contributed by atoms with Gasteiger partial charge in [-0.25, -0.2) is 0 Å². The van der Waals surface area contributed by atoms with Gasteiger partial charge in [-0.1, -0.05) is 6.07 Å². The molecule has 1 atom stereocenters. The molecule has 3 N–H and O–H groups in total. The Bertz CT molecular complexity index is 488. The van der Waals surface area contributed by atoms with Gasteiger partial charge >= 0.3 is 6.61 Å². The van der Waals surface area contributed by atoms with Crippen LogP contribution in [0.4, 0.5) is 8.78 Å². The summed E-state index contributed by atoms with van der Waals surface area (Å²) in [6.45, 7) is 1.28. The van der Waals surface area contributed by atoms with E-state index in [9.17, 15) is 13.6 Å². The molecule has 1 aromatic carbocycles. The van der Waals surface area contributed by atoms with Crippen LogP contribution in [-0.2, 0) is 11.3 Å². The van der Waals surface area contributed by atoms with Crippen molar-refractivity contribution in [3.8, 4) is 11.5 Å². The van der Waals surface area contributed by atoms with Gasteiger partial charge in [0.1, 0.15) is 0 Å². The third kappa shape index (κ3) is 8.56. The summed E-state index contributed by atoms with van der Waals surface area (Å²) in [5.74, 6) is 0.0946. The van der Waals surface area contributed by atoms with Crippen molar-refractivity contribution in [2.75, 3.05) is 6.61 Å². The Kier molecular flexibility index (Phi) is 10.2. The maximum Gasteiger partial charge on any atom is 0.387 e. The molecule has 0 aliphatic heterocycles. The van der Waals surface area contributed by atoms with Crippen molar-refractivity contribution in [1.82, 2.24) is 5.32 Å². The van der Waals surface area contributed by atoms with Gasteiger partial charge in [-0.3, -0.25) is 4.79 Å². The maximum absolute atomic E-state index is 12.3. The molecule has 0 saturated heterocycles. The van der Waals surface area contributed by atoms with Gasteiger partial charge in [0.25, 0.3) is 0 Å². The summed E-state index contributed by atoms with van der Waals surface area (Å²) in [7, 11) is 0. The van der Waals surface area contributed by atoms with Gasteiger partial charge in [-0.2, -0.15) is 8.78 Å². The third-order valence-electron chi connectivity index (χ3n) is 2.84. The normalized spacial score (nSPS) is 11.6. The molecule has 5 nitrogen and oxygen atoms in total. The van der Waals surface area contributed by atoms with E-state index in [2.05, 4.69) is 10.1 Å². The van der Waals surface area contributed by atoms with Crippen LogP contribution in [0.15, 0.2) is 18.2 Å². The van der Waals surface area contributed by atoms with Gasteiger partial charge in [0.2, 0.25) is 5.91 Å². The van der Waals surface area contributed by atoms with Crippen LogP contribution in [0.3, 0.4) is 0 Å². The highest BCUT2D eigenvalue weighted by Crippen LogP contribution is 2.29. The molecular formula is C15H23ClF2N2O3. The minimum Gasteiger partial charge on any atom is -0.490 e. The van der Waals surface area contributed by atoms with Crippen LogP contribution in [0.1, 0.15) is 32.3 Å². The molecule has 0 fully saturated rings. The smallest absolute Gasteiger partial charge is 0.387 e. The van der Waals surface area contributed by atoms with Gasteiger partial charge in [0.05, 0.1) is 6.61 Å². The van der Waals surface area contributed by atoms with Crippen molar-refractivity contribution in [1.29, 1.82) is 0 Å². The first-order chi connectivity index (χ1) is 10.4. The van der Waals surface area contributed by atoms with Gasteiger partial charge in [0.15, 0.2) is 11.5 Å². The van der Waals surface area contributed by atoms with E-state index in [-0.39, 0.29) is 42.4 Å². The zero-order valence-electron chi connectivity index (χ0n) is 13.2. The Hall–Kier alpha value is -1.60. The minimum atomic E-state index is -2.91. The van der Waals surface area contributed by atoms with Gasteiger partial charge in [-0.05, 0) is 38.0 Å². The molecule has 0 heterocycles. The molecule has 1 aromatic rings. The number of benzene rings is 1. The maximum atomic E-state index is 12.3. The number of hydrogen-bond donors (Lipinski definition) is 2. The Labute approximate surface area is 140 Å². The molecule has 1 rings (SSSR count). The molecule has 0 aliphatic rings. The van der Waals surface area contributed by atoms with E-state index in [0.717, 1.165) is 5.56 Å². The molecule has 132 valence electrons. The van der Waals surface area contributed by atoms with Crippen molar-refractivity contribution in [3.63, 3.8) is 0 Å². The van der Waals surface area contributed by atoms with E-state index in [1.807, 2.05) is 6.92 Å². The average Bonchev–Trinajstić information content (AvgIpc) is 2.45. The molecule has 0 saturated carbocycles. The monoisotopic (exact) mass is 352 g/mol. The summed E-state index contributed by atoms with van der Waals surface area (Å²) in [4.78, 5) is 11.6. The van der Waals surface area contributed by atoms with Crippen LogP contribution in [0.5, 0.6) is 11.5 Å². The van der Waals surface area contributed by atoms with Crippen molar-refractivity contribution in [2.45, 2.75) is 45.9 Å². The molecule has 0 radical (unpaired) electrons. The first kappa shape index (κ1) is 21.4. The van der Waals surface area contributed by atoms with Crippen LogP contribution in [-0.4, -0.2) is 25.2 Å². The molecule has 8 heteroatoms. The second kappa shape index (κ2) is 11.0. The van der Waals surface area contributed by atoms with E-state index >= 15 is 0 Å². The Morgan fingerprint density at radius 3 is 2.61 bits per heavy atom. The predicted octanol–water partition coefficient (Wildman–Crippen LogP) is 2.85. The van der Waals surface area contributed by atoms with E-state index < -0.39 is 6.61 Å². The molecule has 0 aromatic heterocycles. The van der Waals surface area contributed by atoms with E-state index in [1.54, 1.807) is 19.1 Å². The largest absolute Gasteiger partial charge is 0.490 e. The molecule has 1 unspecified atom stereocenters. The fourth-order valence-corrected chi connectivity index (χ4v) is 1.77. The first-order valence-electron chi connectivity index (χ1n) is 7.15. The molecule has 1 amide bonds. The standard InChI is InChI=1S/C15H22F2N2O3.ClH/c1-3-21-13-8-11(5-6-12(13)22-15(16)17)9-19-14(20)7-4-10(2)18;/h5-6,8,10,15H,3-4,7,9,18H2,1-2H3,(H,19,20);1H. The van der Waals surface area contributed by atoms with Gasteiger partial charge in [0, 0.05) is 19.0 Å². The lowest BCUT2D eigenvalue weighted by Crippen LogP contribution is -2.25. The number of rotatable bonds is 9.